The van der Waals surface area contributed by atoms with Crippen LogP contribution >= 0.6 is 15.9 Å². The van der Waals surface area contributed by atoms with Crippen LogP contribution in [0, 0.1) is 11.6 Å². The summed E-state index contributed by atoms with van der Waals surface area (Å²) in [5, 5.41) is 9.84. The van der Waals surface area contributed by atoms with E-state index in [1.807, 2.05) is 0 Å². The number of aliphatic hydroxyl groups is 1. The zero-order valence-corrected chi connectivity index (χ0v) is 9.54. The lowest BCUT2D eigenvalue weighted by molar-refractivity contribution is 0.182. The lowest BCUT2D eigenvalue weighted by Crippen LogP contribution is -2.03. The van der Waals surface area contributed by atoms with E-state index in [2.05, 4.69) is 15.9 Å². The van der Waals surface area contributed by atoms with Gasteiger partial charge in [0.2, 0.25) is 0 Å². The predicted octanol–water partition coefficient (Wildman–Crippen LogP) is 3.40. The summed E-state index contributed by atoms with van der Waals surface area (Å²) in [4.78, 5) is 0. The van der Waals surface area contributed by atoms with Gasteiger partial charge in [0.05, 0.1) is 10.7 Å². The van der Waals surface area contributed by atoms with Crippen LogP contribution in [-0.2, 0) is 0 Å². The van der Waals surface area contributed by atoms with Crippen molar-refractivity contribution in [1.29, 1.82) is 0 Å². The average Bonchev–Trinajstić information content (AvgIpc) is 2.68. The molecule has 1 aromatic heterocycles. The van der Waals surface area contributed by atoms with E-state index in [4.69, 9.17) is 4.42 Å². The van der Waals surface area contributed by atoms with Crippen LogP contribution in [0.25, 0.3) is 0 Å². The topological polar surface area (TPSA) is 33.4 Å². The van der Waals surface area contributed by atoms with Crippen LogP contribution in [0.15, 0.2) is 39.4 Å². The van der Waals surface area contributed by atoms with Gasteiger partial charge in [0.15, 0.2) is 17.4 Å². The number of benzene rings is 1. The molecule has 0 amide bonds. The molecule has 1 heterocycles. The molecule has 0 aliphatic heterocycles. The molecule has 1 atom stereocenters. The van der Waals surface area contributed by atoms with Gasteiger partial charge in [-0.3, -0.25) is 0 Å². The van der Waals surface area contributed by atoms with Crippen LogP contribution in [0.5, 0.6) is 0 Å². The van der Waals surface area contributed by atoms with E-state index in [0.29, 0.717) is 4.47 Å². The third-order valence-corrected chi connectivity index (χ3v) is 2.82. The maximum Gasteiger partial charge on any atom is 0.165 e. The van der Waals surface area contributed by atoms with Crippen molar-refractivity contribution in [2.45, 2.75) is 6.10 Å². The highest BCUT2D eigenvalue weighted by Crippen LogP contribution is 2.31. The second kappa shape index (κ2) is 4.35. The van der Waals surface area contributed by atoms with Crippen molar-refractivity contribution in [1.82, 2.24) is 0 Å². The van der Waals surface area contributed by atoms with Crippen LogP contribution in [-0.4, -0.2) is 5.11 Å². The monoisotopic (exact) mass is 288 g/mol. The number of furan rings is 1. The standard InChI is InChI=1S/C11H7BrF2O2/c12-7-4-5-16-11(7)10(15)6-2-1-3-8(13)9(6)14/h1-5,10,15H. The van der Waals surface area contributed by atoms with Crippen molar-refractivity contribution in [2.75, 3.05) is 0 Å². The number of hydrogen-bond donors (Lipinski definition) is 1. The van der Waals surface area contributed by atoms with Crippen LogP contribution in [0.2, 0.25) is 0 Å². The van der Waals surface area contributed by atoms with E-state index >= 15 is 0 Å². The van der Waals surface area contributed by atoms with Gasteiger partial charge in [-0.25, -0.2) is 8.78 Å². The molecular formula is C11H7BrF2O2. The fraction of sp³-hybridized carbons (Fsp3) is 0.0909. The highest BCUT2D eigenvalue weighted by molar-refractivity contribution is 9.10. The summed E-state index contributed by atoms with van der Waals surface area (Å²) in [5.74, 6) is -1.93. The molecule has 16 heavy (non-hydrogen) atoms. The van der Waals surface area contributed by atoms with E-state index in [1.54, 1.807) is 6.07 Å². The third-order valence-electron chi connectivity index (χ3n) is 2.17. The SMILES string of the molecule is OC(c1cccc(F)c1F)c1occc1Br. The van der Waals surface area contributed by atoms with Crippen molar-refractivity contribution >= 4 is 15.9 Å². The minimum absolute atomic E-state index is 0.143. The second-order valence-corrected chi connectivity index (χ2v) is 4.03. The maximum atomic E-state index is 13.4. The maximum absolute atomic E-state index is 13.4. The number of rotatable bonds is 2. The van der Waals surface area contributed by atoms with Crippen LogP contribution in [0.4, 0.5) is 8.78 Å². The molecule has 0 aliphatic rings. The van der Waals surface area contributed by atoms with Gasteiger partial charge >= 0.3 is 0 Å². The highest BCUT2D eigenvalue weighted by atomic mass is 79.9. The first kappa shape index (κ1) is 11.3. The molecule has 0 spiro atoms. The predicted molar refractivity (Wildman–Crippen MR) is 56.8 cm³/mol. The minimum Gasteiger partial charge on any atom is -0.465 e. The van der Waals surface area contributed by atoms with Crippen molar-refractivity contribution in [2.24, 2.45) is 0 Å². The Balaban J connectivity index is 2.46. The molecule has 84 valence electrons. The summed E-state index contributed by atoms with van der Waals surface area (Å²) >= 11 is 3.14. The molecule has 0 saturated heterocycles. The molecule has 1 unspecified atom stereocenters. The van der Waals surface area contributed by atoms with Gasteiger partial charge < -0.3 is 9.52 Å². The summed E-state index contributed by atoms with van der Waals surface area (Å²) < 4.78 is 31.8. The molecule has 0 saturated carbocycles. The van der Waals surface area contributed by atoms with Gasteiger partial charge in [0.25, 0.3) is 0 Å². The normalized spacial score (nSPS) is 12.8. The number of aliphatic hydroxyl groups excluding tert-OH is 1. The number of hydrogen-bond acceptors (Lipinski definition) is 2. The molecule has 2 aromatic rings. The second-order valence-electron chi connectivity index (χ2n) is 3.18. The Morgan fingerprint density at radius 3 is 2.62 bits per heavy atom. The highest BCUT2D eigenvalue weighted by Gasteiger charge is 2.21. The van der Waals surface area contributed by atoms with E-state index < -0.39 is 17.7 Å². The molecule has 1 aromatic carbocycles. The van der Waals surface area contributed by atoms with Crippen LogP contribution in [0.1, 0.15) is 17.4 Å². The molecule has 0 aliphatic carbocycles. The fourth-order valence-electron chi connectivity index (χ4n) is 1.37. The smallest absolute Gasteiger partial charge is 0.165 e. The van der Waals surface area contributed by atoms with Gasteiger partial charge in [-0.15, -0.1) is 0 Å². The average molecular weight is 289 g/mol. The largest absolute Gasteiger partial charge is 0.465 e. The van der Waals surface area contributed by atoms with Crippen molar-refractivity contribution in [3.8, 4) is 0 Å². The van der Waals surface area contributed by atoms with Gasteiger partial charge in [-0.1, -0.05) is 12.1 Å². The van der Waals surface area contributed by atoms with E-state index in [1.165, 1.54) is 18.4 Å². The molecule has 1 N–H and O–H groups in total. The molecule has 2 nitrogen and oxygen atoms in total. The zero-order chi connectivity index (χ0) is 11.7. The summed E-state index contributed by atoms with van der Waals surface area (Å²) in [6.45, 7) is 0. The molecule has 0 fully saturated rings. The van der Waals surface area contributed by atoms with Gasteiger partial charge in [-0.2, -0.15) is 0 Å². The third kappa shape index (κ3) is 1.88. The fourth-order valence-corrected chi connectivity index (χ4v) is 1.79. The molecule has 0 radical (unpaired) electrons. The first-order valence-corrected chi connectivity index (χ1v) is 5.25. The Kier molecular flexibility index (Phi) is 3.07. The zero-order valence-electron chi connectivity index (χ0n) is 7.95. The summed E-state index contributed by atoms with van der Waals surface area (Å²) in [5.41, 5.74) is -0.157. The van der Waals surface area contributed by atoms with Gasteiger partial charge in [-0.05, 0) is 28.1 Å². The van der Waals surface area contributed by atoms with Crippen LogP contribution in [0.3, 0.4) is 0 Å². The minimum atomic E-state index is -1.33. The van der Waals surface area contributed by atoms with Gasteiger partial charge in [0.1, 0.15) is 6.10 Å². The molecule has 0 bridgehead atoms. The van der Waals surface area contributed by atoms with Crippen molar-refractivity contribution in [3.05, 3.63) is 58.0 Å². The first-order chi connectivity index (χ1) is 7.61. The lowest BCUT2D eigenvalue weighted by Gasteiger charge is -2.10. The van der Waals surface area contributed by atoms with E-state index in [-0.39, 0.29) is 11.3 Å². The Labute approximate surface area is 98.6 Å². The summed E-state index contributed by atoms with van der Waals surface area (Å²) in [6, 6.07) is 5.18. The summed E-state index contributed by atoms with van der Waals surface area (Å²) in [6.07, 6.45) is 0.0138. The summed E-state index contributed by atoms with van der Waals surface area (Å²) in [7, 11) is 0. The Morgan fingerprint density at radius 1 is 1.25 bits per heavy atom. The lowest BCUT2D eigenvalue weighted by atomic mass is 10.1. The quantitative estimate of drug-likeness (QED) is 0.919. The first-order valence-electron chi connectivity index (χ1n) is 4.46. The Morgan fingerprint density at radius 2 is 2.00 bits per heavy atom. The Hall–Kier alpha value is -1.20. The number of halogens is 3. The molecule has 5 heteroatoms. The van der Waals surface area contributed by atoms with Gasteiger partial charge in [0, 0.05) is 5.56 Å². The van der Waals surface area contributed by atoms with Crippen molar-refractivity contribution in [3.63, 3.8) is 0 Å². The molecular weight excluding hydrogens is 282 g/mol. The van der Waals surface area contributed by atoms with E-state index in [9.17, 15) is 13.9 Å². The Bertz CT molecular complexity index is 510. The van der Waals surface area contributed by atoms with Crippen molar-refractivity contribution < 1.29 is 18.3 Å². The molecule has 2 rings (SSSR count). The van der Waals surface area contributed by atoms with E-state index in [0.717, 1.165) is 6.07 Å². The van der Waals surface area contributed by atoms with Crippen LogP contribution < -0.4 is 0 Å².